The first-order chi connectivity index (χ1) is 13.2. The predicted octanol–water partition coefficient (Wildman–Crippen LogP) is 3.63. The van der Waals surface area contributed by atoms with Crippen molar-refractivity contribution >= 4 is 22.6 Å². The first-order valence-electron chi connectivity index (χ1n) is 8.94. The molecule has 7 nitrogen and oxygen atoms in total. The molecule has 142 valence electrons. The van der Waals surface area contributed by atoms with Crippen molar-refractivity contribution in [2.75, 3.05) is 31.7 Å². The first kappa shape index (κ1) is 18.7. The maximum atomic E-state index is 12.6. The second-order valence-corrected chi connectivity index (χ2v) is 5.70. The highest BCUT2D eigenvalue weighted by Gasteiger charge is 2.14. The topological polar surface area (TPSA) is 85.5 Å². The minimum absolute atomic E-state index is 0.243. The van der Waals surface area contributed by atoms with Crippen LogP contribution in [0, 0.1) is 0 Å². The number of hydrogen-bond acceptors (Lipinski definition) is 5. The number of aromatic amines is 1. The van der Waals surface area contributed by atoms with Crippen molar-refractivity contribution in [2.45, 2.75) is 13.8 Å². The number of pyridine rings is 1. The molecule has 0 unspecified atom stereocenters. The van der Waals surface area contributed by atoms with E-state index in [9.17, 15) is 4.79 Å². The van der Waals surface area contributed by atoms with Gasteiger partial charge in [-0.2, -0.15) is 0 Å². The maximum Gasteiger partial charge on any atom is 0.259 e. The number of rotatable bonds is 9. The van der Waals surface area contributed by atoms with Crippen molar-refractivity contribution < 1.29 is 19.0 Å². The van der Waals surface area contributed by atoms with Gasteiger partial charge in [0.1, 0.15) is 17.9 Å². The second kappa shape index (κ2) is 9.05. The summed E-state index contributed by atoms with van der Waals surface area (Å²) >= 11 is 0. The fourth-order valence-electron chi connectivity index (χ4n) is 2.58. The molecule has 0 fully saturated rings. The summed E-state index contributed by atoms with van der Waals surface area (Å²) in [6, 6.07) is 10.8. The number of aromatic nitrogens is 2. The third-order valence-corrected chi connectivity index (χ3v) is 3.85. The number of fused-ring (bicyclic) bond motifs is 1. The van der Waals surface area contributed by atoms with Gasteiger partial charge in [0.25, 0.3) is 5.91 Å². The van der Waals surface area contributed by atoms with Gasteiger partial charge >= 0.3 is 0 Å². The smallest absolute Gasteiger partial charge is 0.259 e. The lowest BCUT2D eigenvalue weighted by Gasteiger charge is -2.08. The van der Waals surface area contributed by atoms with Gasteiger partial charge < -0.3 is 24.5 Å². The summed E-state index contributed by atoms with van der Waals surface area (Å²) in [7, 11) is 0. The standard InChI is InChI=1S/C20H23N3O4/c1-3-25-11-12-27-15-7-5-14(6-8-15)22-20(24)16-13-21-17-9-10-18(26-4-2)23-19(16)17/h5-10,13,21H,3-4,11-12H2,1-2H3,(H,22,24). The summed E-state index contributed by atoms with van der Waals surface area (Å²) in [4.78, 5) is 20.1. The molecule has 2 N–H and O–H groups in total. The van der Waals surface area contributed by atoms with Crippen LogP contribution in [-0.2, 0) is 4.74 Å². The Morgan fingerprint density at radius 2 is 1.85 bits per heavy atom. The van der Waals surface area contributed by atoms with Crippen molar-refractivity contribution in [1.29, 1.82) is 0 Å². The summed E-state index contributed by atoms with van der Waals surface area (Å²) in [5, 5.41) is 2.87. The number of hydrogen-bond donors (Lipinski definition) is 2. The van der Waals surface area contributed by atoms with Gasteiger partial charge in [-0.1, -0.05) is 0 Å². The molecule has 0 aliphatic rings. The Bertz CT molecular complexity index is 890. The molecule has 0 saturated carbocycles. The summed E-state index contributed by atoms with van der Waals surface area (Å²) in [5.41, 5.74) is 2.49. The molecule has 7 heteroatoms. The third kappa shape index (κ3) is 4.77. The Kier molecular flexibility index (Phi) is 6.27. The van der Waals surface area contributed by atoms with Gasteiger partial charge in [-0.3, -0.25) is 4.79 Å². The molecule has 0 aliphatic heterocycles. The lowest BCUT2D eigenvalue weighted by molar-refractivity contribution is 0.102. The molecule has 2 heterocycles. The molecule has 0 spiro atoms. The molecule has 0 aliphatic carbocycles. The number of nitrogens with one attached hydrogen (secondary N) is 2. The van der Waals surface area contributed by atoms with Crippen LogP contribution in [0.5, 0.6) is 11.6 Å². The predicted molar refractivity (Wildman–Crippen MR) is 104 cm³/mol. The maximum absolute atomic E-state index is 12.6. The van der Waals surface area contributed by atoms with Crippen LogP contribution in [0.25, 0.3) is 11.0 Å². The van der Waals surface area contributed by atoms with Gasteiger partial charge in [0.05, 0.1) is 24.3 Å². The van der Waals surface area contributed by atoms with Gasteiger partial charge in [0.2, 0.25) is 5.88 Å². The van der Waals surface area contributed by atoms with E-state index in [0.29, 0.717) is 49.1 Å². The molecule has 3 rings (SSSR count). The van der Waals surface area contributed by atoms with E-state index in [-0.39, 0.29) is 5.91 Å². The van der Waals surface area contributed by atoms with Crippen LogP contribution >= 0.6 is 0 Å². The van der Waals surface area contributed by atoms with Crippen LogP contribution in [-0.4, -0.2) is 42.3 Å². The lowest BCUT2D eigenvalue weighted by Crippen LogP contribution is -2.12. The number of ether oxygens (including phenoxy) is 3. The average molecular weight is 369 g/mol. The second-order valence-electron chi connectivity index (χ2n) is 5.70. The molecule has 0 radical (unpaired) electrons. The third-order valence-electron chi connectivity index (χ3n) is 3.85. The molecule has 0 saturated heterocycles. The highest BCUT2D eigenvalue weighted by molar-refractivity contribution is 6.11. The number of nitrogens with zero attached hydrogens (tertiary/aromatic N) is 1. The summed E-state index contributed by atoms with van der Waals surface area (Å²) in [6.45, 7) is 6.06. The van der Waals surface area contributed by atoms with Crippen LogP contribution in [0.2, 0.25) is 0 Å². The van der Waals surface area contributed by atoms with Gasteiger partial charge in [-0.15, -0.1) is 0 Å². The fourth-order valence-corrected chi connectivity index (χ4v) is 2.58. The monoisotopic (exact) mass is 369 g/mol. The van der Waals surface area contributed by atoms with Gasteiger partial charge in [0.15, 0.2) is 0 Å². The zero-order valence-electron chi connectivity index (χ0n) is 15.5. The summed E-state index contributed by atoms with van der Waals surface area (Å²) in [6.07, 6.45) is 1.65. The zero-order valence-corrected chi connectivity index (χ0v) is 15.5. The summed E-state index contributed by atoms with van der Waals surface area (Å²) < 4.78 is 16.2. The molecule has 0 atom stereocenters. The molecule has 27 heavy (non-hydrogen) atoms. The van der Waals surface area contributed by atoms with Crippen LogP contribution in [0.3, 0.4) is 0 Å². The van der Waals surface area contributed by atoms with Crippen molar-refractivity contribution in [3.8, 4) is 11.6 Å². The van der Waals surface area contributed by atoms with Gasteiger partial charge in [-0.05, 0) is 44.2 Å². The van der Waals surface area contributed by atoms with Gasteiger partial charge in [0, 0.05) is 24.6 Å². The molecule has 2 aromatic heterocycles. The average Bonchev–Trinajstić information content (AvgIpc) is 3.10. The van der Waals surface area contributed by atoms with E-state index in [0.717, 1.165) is 11.3 Å². The normalized spacial score (nSPS) is 10.7. The Balaban J connectivity index is 1.66. The quantitative estimate of drug-likeness (QED) is 0.563. The number of anilines is 1. The van der Waals surface area contributed by atoms with E-state index in [1.165, 1.54) is 0 Å². The van der Waals surface area contributed by atoms with Crippen molar-refractivity contribution in [2.24, 2.45) is 0 Å². The Hall–Kier alpha value is -3.06. The van der Waals surface area contributed by atoms with E-state index in [1.807, 2.05) is 32.0 Å². The van der Waals surface area contributed by atoms with E-state index in [4.69, 9.17) is 14.2 Å². The zero-order chi connectivity index (χ0) is 19.1. The van der Waals surface area contributed by atoms with Crippen molar-refractivity contribution in [3.05, 3.63) is 48.2 Å². The SMILES string of the molecule is CCOCCOc1ccc(NC(=O)c2c[nH]c3ccc(OCC)nc23)cc1. The number of carbonyl (C=O) groups excluding carboxylic acids is 1. The Morgan fingerprint density at radius 3 is 2.59 bits per heavy atom. The Morgan fingerprint density at radius 1 is 1.04 bits per heavy atom. The highest BCUT2D eigenvalue weighted by atomic mass is 16.5. The highest BCUT2D eigenvalue weighted by Crippen LogP contribution is 2.22. The largest absolute Gasteiger partial charge is 0.491 e. The van der Waals surface area contributed by atoms with E-state index >= 15 is 0 Å². The molecule has 0 bridgehead atoms. The molecule has 1 aromatic carbocycles. The minimum atomic E-state index is -0.243. The van der Waals surface area contributed by atoms with Crippen LogP contribution < -0.4 is 14.8 Å². The number of carbonyl (C=O) groups is 1. The number of benzene rings is 1. The molecular formula is C20H23N3O4. The number of amides is 1. The van der Waals surface area contributed by atoms with Crippen molar-refractivity contribution in [3.63, 3.8) is 0 Å². The first-order valence-corrected chi connectivity index (χ1v) is 8.94. The molecule has 1 amide bonds. The summed E-state index contributed by atoms with van der Waals surface area (Å²) in [5.74, 6) is 0.974. The van der Waals surface area contributed by atoms with Crippen LogP contribution in [0.1, 0.15) is 24.2 Å². The van der Waals surface area contributed by atoms with Crippen LogP contribution in [0.4, 0.5) is 5.69 Å². The number of H-pyrrole nitrogens is 1. The van der Waals surface area contributed by atoms with E-state index in [2.05, 4.69) is 15.3 Å². The van der Waals surface area contributed by atoms with Crippen LogP contribution in [0.15, 0.2) is 42.6 Å². The van der Waals surface area contributed by atoms with Gasteiger partial charge in [-0.25, -0.2) is 4.98 Å². The van der Waals surface area contributed by atoms with E-state index < -0.39 is 0 Å². The molecule has 3 aromatic rings. The Labute approximate surface area is 157 Å². The lowest BCUT2D eigenvalue weighted by atomic mass is 10.2. The van der Waals surface area contributed by atoms with E-state index in [1.54, 1.807) is 24.4 Å². The molecular weight excluding hydrogens is 346 g/mol. The van der Waals surface area contributed by atoms with Crippen molar-refractivity contribution in [1.82, 2.24) is 9.97 Å². The minimum Gasteiger partial charge on any atom is -0.491 e. The fraction of sp³-hybridized carbons (Fsp3) is 0.300.